The predicted octanol–water partition coefficient (Wildman–Crippen LogP) is 12.4. The van der Waals surface area contributed by atoms with Crippen LogP contribution in [0.5, 0.6) is 0 Å². The molecule has 0 N–H and O–H groups in total. The second kappa shape index (κ2) is 14.2. The maximum Gasteiger partial charge on any atom is 0.416 e. The van der Waals surface area contributed by atoms with Gasteiger partial charge in [-0.25, -0.2) is 0 Å². The Bertz CT molecular complexity index is 2250. The summed E-state index contributed by atoms with van der Waals surface area (Å²) in [5.74, 6) is 0.737. The number of hydrogen-bond donors (Lipinski definition) is 0. The van der Waals surface area contributed by atoms with E-state index in [0.717, 1.165) is 11.5 Å². The summed E-state index contributed by atoms with van der Waals surface area (Å²) in [7, 11) is 0. The Morgan fingerprint density at radius 1 is 0.545 bits per heavy atom. The van der Waals surface area contributed by atoms with E-state index in [1.54, 1.807) is 62.4 Å². The monoisotopic (exact) mass is 770 g/mol. The maximum absolute atomic E-state index is 14.2. The molecule has 0 amide bonds. The van der Waals surface area contributed by atoms with Gasteiger partial charge in [-0.3, -0.25) is 0 Å². The molecule has 0 bridgehead atoms. The van der Waals surface area contributed by atoms with Gasteiger partial charge in [0.25, 0.3) is 0 Å². The van der Waals surface area contributed by atoms with Gasteiger partial charge < -0.3 is 0 Å². The van der Waals surface area contributed by atoms with Crippen LogP contribution in [0.25, 0.3) is 33.6 Å². The van der Waals surface area contributed by atoms with Crippen molar-refractivity contribution in [3.63, 3.8) is 0 Å². The molecular weight excluding hydrogens is 744 g/mol. The number of allylic oxidation sites excluding steroid dienone is 9. The quantitative estimate of drug-likeness (QED) is 0.144. The van der Waals surface area contributed by atoms with Gasteiger partial charge in [0.1, 0.15) is 0 Å². The van der Waals surface area contributed by atoms with E-state index in [4.69, 9.17) is 0 Å². The summed E-state index contributed by atoms with van der Waals surface area (Å²) in [6.07, 6.45) is -9.85. The molecule has 0 spiro atoms. The highest BCUT2D eigenvalue weighted by molar-refractivity contribution is 5.81. The molecule has 282 valence electrons. The third-order valence-corrected chi connectivity index (χ3v) is 8.93. The highest BCUT2D eigenvalue weighted by Crippen LogP contribution is 2.41. The molecule has 4 aromatic rings. The highest BCUT2D eigenvalue weighted by Gasteiger charge is 2.39. The van der Waals surface area contributed by atoms with Gasteiger partial charge >= 0.3 is 24.7 Å². The minimum Gasteiger partial charge on any atom is -0.166 e. The van der Waals surface area contributed by atoms with Crippen LogP contribution in [-0.2, 0) is 24.7 Å². The van der Waals surface area contributed by atoms with Gasteiger partial charge in [0.05, 0.1) is 39.3 Å². The molecule has 4 aromatic carbocycles. The molecular formula is C43H26F12. The van der Waals surface area contributed by atoms with Gasteiger partial charge in [-0.1, -0.05) is 23.1 Å². The Morgan fingerprint density at radius 2 is 0.982 bits per heavy atom. The maximum atomic E-state index is 14.2. The molecule has 0 saturated carbocycles. The molecule has 0 fully saturated rings. The van der Waals surface area contributed by atoms with E-state index in [1.165, 1.54) is 24.6 Å². The van der Waals surface area contributed by atoms with Crippen LogP contribution in [-0.4, -0.2) is 0 Å². The van der Waals surface area contributed by atoms with Gasteiger partial charge in [0, 0.05) is 40.6 Å². The minimum absolute atomic E-state index is 0.0719. The minimum atomic E-state index is -5.27. The molecule has 0 nitrogen and oxygen atoms in total. The summed E-state index contributed by atoms with van der Waals surface area (Å²) in [5, 5.41) is -0.251. The fraction of sp³-hybridized carbons (Fsp3) is 0.140. The molecule has 0 atom stereocenters. The van der Waals surface area contributed by atoms with Crippen molar-refractivity contribution >= 4 is 11.3 Å². The summed E-state index contributed by atoms with van der Waals surface area (Å²) in [4.78, 5) is 0. The van der Waals surface area contributed by atoms with Crippen molar-refractivity contribution in [2.75, 3.05) is 0 Å². The standard InChI is InChI=1S/C43H26F12/c1-24-13-28(26-9-5-3-6-10-26)14-25(2)36(24)23-39-37(30-15-32(40(44,45)46)21-33(16-30)41(47,48)49)19-29(27-11-7-4-8-12-27)20-38(39)31-17-34(42(50,51)52)22-35(18-31)43(53,54)55/h3-22H,1-2H3. The zero-order valence-corrected chi connectivity index (χ0v) is 28.6. The van der Waals surface area contributed by atoms with Crippen molar-refractivity contribution in [1.29, 1.82) is 0 Å². The first-order valence-corrected chi connectivity index (χ1v) is 16.4. The van der Waals surface area contributed by atoms with Crippen LogP contribution in [0.3, 0.4) is 0 Å². The molecule has 2 aliphatic rings. The van der Waals surface area contributed by atoms with Crippen molar-refractivity contribution in [3.8, 4) is 22.3 Å². The SMILES string of the molecule is CC1=C[C+](c2ccccc2)C=C(C)C1=C=c1c(-c2cc(C(F)(F)F)cc(C(F)(F)F)c2)cc(=C2C=CC=C[CH-]2)cc1-c1cc(C(F)(F)F)cc(C(F)(F)F)c1. The number of hydrogen-bond acceptors (Lipinski definition) is 0. The van der Waals surface area contributed by atoms with Crippen molar-refractivity contribution in [2.24, 2.45) is 0 Å². The lowest BCUT2D eigenvalue weighted by Gasteiger charge is -2.19. The first-order chi connectivity index (χ1) is 25.6. The van der Waals surface area contributed by atoms with Gasteiger partial charge in [-0.15, -0.1) is 36.3 Å². The van der Waals surface area contributed by atoms with Crippen LogP contribution < -0.4 is 10.4 Å². The van der Waals surface area contributed by atoms with Crippen molar-refractivity contribution in [1.82, 2.24) is 0 Å². The van der Waals surface area contributed by atoms with Crippen LogP contribution in [0.4, 0.5) is 52.7 Å². The predicted molar refractivity (Wildman–Crippen MR) is 186 cm³/mol. The zero-order valence-electron chi connectivity index (χ0n) is 28.6. The average Bonchev–Trinajstić information content (AvgIpc) is 3.11. The second-order valence-corrected chi connectivity index (χ2v) is 12.9. The Hall–Kier alpha value is -5.74. The zero-order chi connectivity index (χ0) is 40.1. The molecule has 0 radical (unpaired) electrons. The number of rotatable bonds is 3. The molecule has 12 heteroatoms. The lowest BCUT2D eigenvalue weighted by Crippen LogP contribution is -2.20. The third-order valence-electron chi connectivity index (χ3n) is 8.93. The van der Waals surface area contributed by atoms with E-state index in [1.807, 2.05) is 12.1 Å². The number of alkyl halides is 12. The van der Waals surface area contributed by atoms with E-state index in [-0.39, 0.29) is 39.3 Å². The summed E-state index contributed by atoms with van der Waals surface area (Å²) in [6.45, 7) is 3.30. The second-order valence-electron chi connectivity index (χ2n) is 12.9. The summed E-state index contributed by atoms with van der Waals surface area (Å²) in [6, 6.07) is 13.2. The van der Waals surface area contributed by atoms with E-state index >= 15 is 0 Å². The summed E-state index contributed by atoms with van der Waals surface area (Å²) < 4.78 is 170. The largest absolute Gasteiger partial charge is 0.416 e. The van der Waals surface area contributed by atoms with E-state index < -0.39 is 58.1 Å². The van der Waals surface area contributed by atoms with Crippen LogP contribution in [0.1, 0.15) is 41.7 Å². The lowest BCUT2D eigenvalue weighted by atomic mass is 9.84. The van der Waals surface area contributed by atoms with Crippen LogP contribution >= 0.6 is 0 Å². The number of halogens is 12. The normalized spacial score (nSPS) is 15.1. The fourth-order valence-corrected chi connectivity index (χ4v) is 6.33. The first kappa shape index (κ1) is 39.0. The molecule has 55 heavy (non-hydrogen) atoms. The Labute approximate surface area is 307 Å². The Morgan fingerprint density at radius 3 is 1.36 bits per heavy atom. The van der Waals surface area contributed by atoms with Gasteiger partial charge in [-0.2, -0.15) is 52.7 Å². The topological polar surface area (TPSA) is 0 Å². The molecule has 6 rings (SSSR count). The lowest BCUT2D eigenvalue weighted by molar-refractivity contribution is -0.144. The summed E-state index contributed by atoms with van der Waals surface area (Å²) >= 11 is 0. The van der Waals surface area contributed by atoms with Crippen molar-refractivity contribution < 1.29 is 52.7 Å². The van der Waals surface area contributed by atoms with Crippen LogP contribution in [0.2, 0.25) is 0 Å². The van der Waals surface area contributed by atoms with E-state index in [9.17, 15) is 52.7 Å². The van der Waals surface area contributed by atoms with Gasteiger partial charge in [0.2, 0.25) is 0 Å². The molecule has 0 aliphatic heterocycles. The molecule has 2 aliphatic carbocycles. The van der Waals surface area contributed by atoms with E-state index in [2.05, 4.69) is 5.73 Å². The number of benzene rings is 4. The molecule has 0 heterocycles. The van der Waals surface area contributed by atoms with Crippen LogP contribution in [0.15, 0.2) is 132 Å². The van der Waals surface area contributed by atoms with Gasteiger partial charge in [0.15, 0.2) is 0 Å². The van der Waals surface area contributed by atoms with Crippen molar-refractivity contribution in [3.05, 3.63) is 183 Å². The third kappa shape index (κ3) is 8.49. The van der Waals surface area contributed by atoms with Gasteiger partial charge in [-0.05, 0) is 90.7 Å². The molecule has 0 saturated heterocycles. The first-order valence-electron chi connectivity index (χ1n) is 16.4. The average molecular weight is 771 g/mol. The fourth-order valence-electron chi connectivity index (χ4n) is 6.33. The Balaban J connectivity index is 1.85. The van der Waals surface area contributed by atoms with E-state index in [0.29, 0.717) is 41.0 Å². The summed E-state index contributed by atoms with van der Waals surface area (Å²) in [5.41, 5.74) is -3.27. The Kier molecular flexibility index (Phi) is 10.0. The van der Waals surface area contributed by atoms with Crippen molar-refractivity contribution in [2.45, 2.75) is 38.6 Å². The molecule has 0 unspecified atom stereocenters. The smallest absolute Gasteiger partial charge is 0.166 e. The van der Waals surface area contributed by atoms with Crippen LogP contribution in [0, 0.1) is 12.3 Å². The highest BCUT2D eigenvalue weighted by atomic mass is 19.4. The molecule has 0 aromatic heterocycles.